The number of rotatable bonds is 6. The van der Waals surface area contributed by atoms with E-state index in [1.54, 1.807) is 4.68 Å². The van der Waals surface area contributed by atoms with Crippen molar-refractivity contribution in [2.45, 2.75) is 25.9 Å². The predicted octanol–water partition coefficient (Wildman–Crippen LogP) is 1.02. The lowest BCUT2D eigenvalue weighted by molar-refractivity contribution is 0.0948. The van der Waals surface area contributed by atoms with E-state index in [1.807, 2.05) is 25.9 Å². The number of hydrogen-bond donors (Lipinski definition) is 1. The smallest absolute Gasteiger partial charge is 0.198 e. The van der Waals surface area contributed by atoms with Crippen molar-refractivity contribution in [1.82, 2.24) is 14.7 Å². The molecule has 1 aromatic heterocycles. The molecule has 96 valence electrons. The molecule has 6 heteroatoms. The fourth-order valence-electron chi connectivity index (χ4n) is 1.43. The highest BCUT2D eigenvalue weighted by molar-refractivity contribution is 6.33. The summed E-state index contributed by atoms with van der Waals surface area (Å²) in [7, 11) is 3.93. The third-order valence-corrected chi connectivity index (χ3v) is 2.84. The molecule has 0 saturated carbocycles. The maximum Gasteiger partial charge on any atom is 0.198 e. The van der Waals surface area contributed by atoms with Gasteiger partial charge in [-0.1, -0.05) is 18.5 Å². The summed E-state index contributed by atoms with van der Waals surface area (Å²) in [4.78, 5) is 14.1. The van der Waals surface area contributed by atoms with Crippen LogP contribution in [0.5, 0.6) is 0 Å². The number of nitrogens with two attached hydrogens (primary N) is 1. The molecule has 0 amide bonds. The van der Waals surface area contributed by atoms with Gasteiger partial charge in [0.25, 0.3) is 0 Å². The van der Waals surface area contributed by atoms with Gasteiger partial charge in [0.1, 0.15) is 5.69 Å². The van der Waals surface area contributed by atoms with E-state index in [0.29, 0.717) is 23.7 Å². The molecule has 2 N–H and O–H groups in total. The molecule has 0 bridgehead atoms. The Bertz CT molecular complexity index is 389. The van der Waals surface area contributed by atoms with Crippen molar-refractivity contribution in [3.05, 3.63) is 16.9 Å². The minimum atomic E-state index is -0.512. The van der Waals surface area contributed by atoms with Crippen molar-refractivity contribution in [3.8, 4) is 0 Å². The number of carbonyl (C=O) groups is 1. The van der Waals surface area contributed by atoms with Gasteiger partial charge in [0, 0.05) is 6.54 Å². The van der Waals surface area contributed by atoms with Crippen molar-refractivity contribution in [2.75, 3.05) is 20.6 Å². The molecule has 0 aliphatic rings. The van der Waals surface area contributed by atoms with Crippen LogP contribution in [0.15, 0.2) is 6.20 Å². The molecule has 1 heterocycles. The van der Waals surface area contributed by atoms with Crippen molar-refractivity contribution >= 4 is 17.4 Å². The Labute approximate surface area is 107 Å². The molecule has 0 radical (unpaired) electrons. The normalized spacial score (nSPS) is 13.1. The molecule has 1 rings (SSSR count). The van der Waals surface area contributed by atoms with E-state index in [2.05, 4.69) is 5.10 Å². The number of likely N-dealkylation sites (N-methyl/N-ethyl adjacent to an activating group) is 1. The Kier molecular flexibility index (Phi) is 5.11. The van der Waals surface area contributed by atoms with Crippen molar-refractivity contribution in [3.63, 3.8) is 0 Å². The van der Waals surface area contributed by atoms with Gasteiger partial charge >= 0.3 is 0 Å². The molecule has 5 nitrogen and oxygen atoms in total. The van der Waals surface area contributed by atoms with E-state index in [0.717, 1.165) is 6.54 Å². The van der Waals surface area contributed by atoms with Crippen molar-refractivity contribution < 1.29 is 4.79 Å². The summed E-state index contributed by atoms with van der Waals surface area (Å²) in [6, 6.07) is -0.512. The molecule has 1 aromatic rings. The van der Waals surface area contributed by atoms with Gasteiger partial charge in [0.15, 0.2) is 5.78 Å². The van der Waals surface area contributed by atoms with Crippen LogP contribution in [-0.2, 0) is 6.54 Å². The molecule has 1 unspecified atom stereocenters. The Balaban J connectivity index is 2.90. The van der Waals surface area contributed by atoms with E-state index < -0.39 is 6.04 Å². The number of hydrogen-bond acceptors (Lipinski definition) is 4. The van der Waals surface area contributed by atoms with Crippen molar-refractivity contribution in [2.24, 2.45) is 5.73 Å². The first-order chi connectivity index (χ1) is 7.97. The molecular formula is C11H19ClN4O. The van der Waals surface area contributed by atoms with Gasteiger partial charge in [-0.3, -0.25) is 9.48 Å². The largest absolute Gasteiger partial charge is 0.321 e. The molecule has 0 saturated heterocycles. The summed E-state index contributed by atoms with van der Waals surface area (Å²) in [6.45, 7) is 3.29. The topological polar surface area (TPSA) is 64.2 Å². The molecule has 0 aliphatic carbocycles. The Morgan fingerprint density at radius 3 is 2.82 bits per heavy atom. The average molecular weight is 259 g/mol. The molecule has 0 aliphatic heterocycles. The number of nitrogens with zero attached hydrogens (tertiary/aromatic N) is 3. The van der Waals surface area contributed by atoms with E-state index in [1.165, 1.54) is 6.20 Å². The van der Waals surface area contributed by atoms with E-state index in [4.69, 9.17) is 17.3 Å². The number of Topliss-reactive ketones (excluding diaryl/α,β-unsaturated/α-hetero) is 1. The summed E-state index contributed by atoms with van der Waals surface area (Å²) in [5, 5.41) is 4.48. The van der Waals surface area contributed by atoms with Crippen molar-refractivity contribution in [1.29, 1.82) is 0 Å². The second-order valence-corrected chi connectivity index (χ2v) is 4.65. The van der Waals surface area contributed by atoms with Crippen LogP contribution in [0.2, 0.25) is 5.02 Å². The highest BCUT2D eigenvalue weighted by atomic mass is 35.5. The van der Waals surface area contributed by atoms with Gasteiger partial charge in [-0.05, 0) is 20.5 Å². The summed E-state index contributed by atoms with van der Waals surface area (Å²) in [5.41, 5.74) is 6.16. The highest BCUT2D eigenvalue weighted by Gasteiger charge is 2.22. The molecule has 17 heavy (non-hydrogen) atoms. The zero-order valence-electron chi connectivity index (χ0n) is 10.5. The predicted molar refractivity (Wildman–Crippen MR) is 68.4 cm³/mol. The Hall–Kier alpha value is -0.910. The second kappa shape index (κ2) is 6.14. The Morgan fingerprint density at radius 2 is 2.29 bits per heavy atom. The first kappa shape index (κ1) is 14.2. The molecule has 1 atom stereocenters. The van der Waals surface area contributed by atoms with Crippen LogP contribution in [0.4, 0.5) is 0 Å². The first-order valence-electron chi connectivity index (χ1n) is 5.63. The van der Waals surface area contributed by atoms with E-state index in [9.17, 15) is 4.79 Å². The zero-order valence-corrected chi connectivity index (χ0v) is 11.2. The lowest BCUT2D eigenvalue weighted by atomic mass is 10.1. The third-order valence-electron chi connectivity index (χ3n) is 2.56. The minimum absolute atomic E-state index is 0.145. The summed E-state index contributed by atoms with van der Waals surface area (Å²) in [5.74, 6) is -0.145. The number of ketones is 1. The Morgan fingerprint density at radius 1 is 1.65 bits per heavy atom. The summed E-state index contributed by atoms with van der Waals surface area (Å²) < 4.78 is 1.63. The molecule has 0 spiro atoms. The SMILES string of the molecule is CCC(N)C(=O)c1c(Cl)cnn1CCN(C)C. The van der Waals surface area contributed by atoms with Crippen LogP contribution in [0.3, 0.4) is 0 Å². The molecule has 0 aromatic carbocycles. The number of carbonyl (C=O) groups excluding carboxylic acids is 1. The maximum atomic E-state index is 12.0. The maximum absolute atomic E-state index is 12.0. The standard InChI is InChI=1S/C11H19ClN4O/c1-4-9(13)11(17)10-8(12)7-14-16(10)6-5-15(2)3/h7,9H,4-6,13H2,1-3H3. The number of aromatic nitrogens is 2. The van der Waals surface area contributed by atoms with E-state index in [-0.39, 0.29) is 5.78 Å². The first-order valence-corrected chi connectivity index (χ1v) is 6.01. The monoisotopic (exact) mass is 258 g/mol. The second-order valence-electron chi connectivity index (χ2n) is 4.25. The van der Waals surface area contributed by atoms with Gasteiger partial charge < -0.3 is 10.6 Å². The van der Waals surface area contributed by atoms with Gasteiger partial charge in [-0.25, -0.2) is 0 Å². The van der Waals surface area contributed by atoms with Crippen LogP contribution < -0.4 is 5.73 Å². The van der Waals surface area contributed by atoms with Crippen LogP contribution in [0.1, 0.15) is 23.8 Å². The lowest BCUT2D eigenvalue weighted by Crippen LogP contribution is -2.32. The minimum Gasteiger partial charge on any atom is -0.321 e. The van der Waals surface area contributed by atoms with E-state index >= 15 is 0 Å². The van der Waals surface area contributed by atoms with Gasteiger partial charge in [-0.2, -0.15) is 5.10 Å². The highest BCUT2D eigenvalue weighted by Crippen LogP contribution is 2.17. The molecular weight excluding hydrogens is 240 g/mol. The van der Waals surface area contributed by atoms with Crippen LogP contribution in [0, 0.1) is 0 Å². The zero-order chi connectivity index (χ0) is 13.0. The molecule has 0 fully saturated rings. The quantitative estimate of drug-likeness (QED) is 0.774. The summed E-state index contributed by atoms with van der Waals surface area (Å²) >= 11 is 5.98. The lowest BCUT2D eigenvalue weighted by Gasteiger charge is -2.13. The fourth-order valence-corrected chi connectivity index (χ4v) is 1.67. The average Bonchev–Trinajstić information content (AvgIpc) is 2.65. The van der Waals surface area contributed by atoms with Gasteiger partial charge in [0.05, 0.1) is 23.8 Å². The van der Waals surface area contributed by atoms with Gasteiger partial charge in [-0.15, -0.1) is 0 Å². The summed E-state index contributed by atoms with van der Waals surface area (Å²) in [6.07, 6.45) is 2.08. The number of halogens is 1. The van der Waals surface area contributed by atoms with Gasteiger partial charge in [0.2, 0.25) is 0 Å². The van der Waals surface area contributed by atoms with Crippen LogP contribution in [0.25, 0.3) is 0 Å². The van der Waals surface area contributed by atoms with Crippen LogP contribution in [-0.4, -0.2) is 47.1 Å². The fraction of sp³-hybridized carbons (Fsp3) is 0.636. The third kappa shape index (κ3) is 3.52. The van der Waals surface area contributed by atoms with Crippen LogP contribution >= 0.6 is 11.6 Å².